The molecular formula is C11H9ClF3NO2S. The van der Waals surface area contributed by atoms with Gasteiger partial charge in [-0.3, -0.25) is 0 Å². The van der Waals surface area contributed by atoms with Gasteiger partial charge in [-0.2, -0.15) is 18.4 Å². The smallest absolute Gasteiger partial charge is 0.228 e. The maximum Gasteiger partial charge on any atom is 0.405 e. The van der Waals surface area contributed by atoms with E-state index < -0.39 is 33.4 Å². The first-order valence-corrected chi connectivity index (χ1v) is 7.26. The lowest BCUT2D eigenvalue weighted by Crippen LogP contribution is -2.29. The standard InChI is InChI=1S/C11H9ClF3NO2S/c12-10-4-2-1-3-8(10)6-19(17,18)7-9(5-16)11(13,14)15/h1-4,9H,6-7H2. The molecule has 1 aromatic rings. The summed E-state index contributed by atoms with van der Waals surface area (Å²) in [6, 6.07) is 6.92. The van der Waals surface area contributed by atoms with Crippen molar-refractivity contribution in [2.24, 2.45) is 5.92 Å². The van der Waals surface area contributed by atoms with Crippen molar-refractivity contribution >= 4 is 21.4 Å². The van der Waals surface area contributed by atoms with E-state index in [0.29, 0.717) is 0 Å². The molecule has 0 spiro atoms. The summed E-state index contributed by atoms with van der Waals surface area (Å²) in [4.78, 5) is 0. The number of sulfone groups is 1. The molecule has 19 heavy (non-hydrogen) atoms. The first-order chi connectivity index (χ1) is 8.65. The molecule has 8 heteroatoms. The average molecular weight is 312 g/mol. The Morgan fingerprint density at radius 3 is 2.37 bits per heavy atom. The number of alkyl halides is 3. The van der Waals surface area contributed by atoms with E-state index in [9.17, 15) is 21.6 Å². The number of nitrogens with zero attached hydrogens (tertiary/aromatic N) is 1. The summed E-state index contributed by atoms with van der Waals surface area (Å²) in [7, 11) is -4.08. The van der Waals surface area contributed by atoms with E-state index in [0.717, 1.165) is 6.07 Å². The Morgan fingerprint density at radius 2 is 1.89 bits per heavy atom. The zero-order chi connectivity index (χ0) is 14.7. The van der Waals surface area contributed by atoms with Gasteiger partial charge >= 0.3 is 6.18 Å². The lowest BCUT2D eigenvalue weighted by atomic mass is 10.2. The normalized spacial score (nSPS) is 13.8. The Labute approximate surface area is 113 Å². The summed E-state index contributed by atoms with van der Waals surface area (Å²) >= 11 is 5.74. The minimum atomic E-state index is -4.86. The van der Waals surface area contributed by atoms with Crippen molar-refractivity contribution in [3.05, 3.63) is 34.9 Å². The largest absolute Gasteiger partial charge is 0.405 e. The van der Waals surface area contributed by atoms with E-state index in [4.69, 9.17) is 16.9 Å². The van der Waals surface area contributed by atoms with Crippen molar-refractivity contribution in [3.63, 3.8) is 0 Å². The predicted molar refractivity (Wildman–Crippen MR) is 64.1 cm³/mol. The molecule has 104 valence electrons. The highest BCUT2D eigenvalue weighted by Gasteiger charge is 2.42. The minimum Gasteiger partial charge on any atom is -0.228 e. The van der Waals surface area contributed by atoms with Gasteiger partial charge in [-0.25, -0.2) is 8.42 Å². The van der Waals surface area contributed by atoms with E-state index in [-0.39, 0.29) is 10.6 Å². The molecular weight excluding hydrogens is 303 g/mol. The number of rotatable bonds is 4. The van der Waals surface area contributed by atoms with Crippen molar-refractivity contribution in [3.8, 4) is 6.07 Å². The van der Waals surface area contributed by atoms with Gasteiger partial charge in [-0.1, -0.05) is 29.8 Å². The van der Waals surface area contributed by atoms with Gasteiger partial charge in [0.25, 0.3) is 0 Å². The fraction of sp³-hybridized carbons (Fsp3) is 0.364. The van der Waals surface area contributed by atoms with Crippen molar-refractivity contribution in [2.75, 3.05) is 5.75 Å². The van der Waals surface area contributed by atoms with E-state index in [2.05, 4.69) is 0 Å². The molecule has 1 unspecified atom stereocenters. The van der Waals surface area contributed by atoms with Gasteiger partial charge in [0.2, 0.25) is 0 Å². The molecule has 1 atom stereocenters. The van der Waals surface area contributed by atoms with Gasteiger partial charge in [0.05, 0.1) is 17.6 Å². The van der Waals surface area contributed by atoms with Crippen LogP contribution in [0.15, 0.2) is 24.3 Å². The monoisotopic (exact) mass is 311 g/mol. The van der Waals surface area contributed by atoms with Crippen LogP contribution in [-0.2, 0) is 15.6 Å². The molecule has 0 aliphatic heterocycles. The highest BCUT2D eigenvalue weighted by molar-refractivity contribution is 7.90. The van der Waals surface area contributed by atoms with Crippen LogP contribution in [0.4, 0.5) is 13.2 Å². The lowest BCUT2D eigenvalue weighted by Gasteiger charge is -2.13. The fourth-order valence-corrected chi connectivity index (χ4v) is 3.27. The van der Waals surface area contributed by atoms with Gasteiger partial charge in [0.15, 0.2) is 15.8 Å². The molecule has 0 aliphatic rings. The molecule has 0 N–H and O–H groups in total. The number of halogens is 4. The summed E-state index contributed by atoms with van der Waals surface area (Å²) in [5.74, 6) is -4.42. The fourth-order valence-electron chi connectivity index (χ4n) is 1.37. The van der Waals surface area contributed by atoms with Crippen LogP contribution in [0.2, 0.25) is 5.02 Å². The Hall–Kier alpha value is -1.26. The van der Waals surface area contributed by atoms with Gasteiger partial charge < -0.3 is 0 Å². The van der Waals surface area contributed by atoms with Crippen LogP contribution in [-0.4, -0.2) is 20.3 Å². The summed E-state index contributed by atoms with van der Waals surface area (Å²) in [5, 5.41) is 8.54. The maximum atomic E-state index is 12.4. The van der Waals surface area contributed by atoms with E-state index >= 15 is 0 Å². The second-order valence-corrected chi connectivity index (χ2v) is 6.39. The van der Waals surface area contributed by atoms with E-state index in [1.165, 1.54) is 18.2 Å². The maximum absolute atomic E-state index is 12.4. The number of hydrogen-bond acceptors (Lipinski definition) is 3. The van der Waals surface area contributed by atoms with Gasteiger partial charge in [-0.05, 0) is 11.6 Å². The Kier molecular flexibility index (Phi) is 4.82. The van der Waals surface area contributed by atoms with Crippen LogP contribution in [0.25, 0.3) is 0 Å². The molecule has 0 heterocycles. The predicted octanol–water partition coefficient (Wildman–Crippen LogP) is 2.96. The summed E-state index contributed by atoms with van der Waals surface area (Å²) in [5.41, 5.74) is 0.211. The van der Waals surface area contributed by atoms with Gasteiger partial charge in [0.1, 0.15) is 0 Å². The third kappa shape index (κ3) is 4.73. The minimum absolute atomic E-state index is 0.159. The van der Waals surface area contributed by atoms with Gasteiger partial charge in [0, 0.05) is 5.02 Å². The molecule has 0 bridgehead atoms. The number of nitriles is 1. The molecule has 0 saturated carbocycles. The Morgan fingerprint density at radius 1 is 1.32 bits per heavy atom. The molecule has 0 aromatic heterocycles. The van der Waals surface area contributed by atoms with Gasteiger partial charge in [-0.15, -0.1) is 0 Å². The van der Waals surface area contributed by atoms with Crippen LogP contribution in [0.5, 0.6) is 0 Å². The molecule has 3 nitrogen and oxygen atoms in total. The number of benzene rings is 1. The van der Waals surface area contributed by atoms with Crippen molar-refractivity contribution in [1.82, 2.24) is 0 Å². The highest BCUT2D eigenvalue weighted by atomic mass is 35.5. The molecule has 0 aliphatic carbocycles. The first kappa shape index (κ1) is 15.8. The third-order valence-electron chi connectivity index (χ3n) is 2.30. The average Bonchev–Trinajstić information content (AvgIpc) is 2.27. The quantitative estimate of drug-likeness (QED) is 0.859. The molecule has 0 saturated heterocycles. The van der Waals surface area contributed by atoms with Crippen LogP contribution < -0.4 is 0 Å². The van der Waals surface area contributed by atoms with Crippen molar-refractivity contribution in [1.29, 1.82) is 5.26 Å². The molecule has 0 amide bonds. The topological polar surface area (TPSA) is 57.9 Å². The zero-order valence-corrected chi connectivity index (χ0v) is 11.1. The van der Waals surface area contributed by atoms with Crippen molar-refractivity contribution in [2.45, 2.75) is 11.9 Å². The lowest BCUT2D eigenvalue weighted by molar-refractivity contribution is -0.153. The van der Waals surface area contributed by atoms with Crippen LogP contribution in [0.3, 0.4) is 0 Å². The van der Waals surface area contributed by atoms with E-state index in [1.807, 2.05) is 0 Å². The SMILES string of the molecule is N#CC(CS(=O)(=O)Cc1ccccc1Cl)C(F)(F)F. The molecule has 0 fully saturated rings. The second kappa shape index (κ2) is 5.80. The summed E-state index contributed by atoms with van der Waals surface area (Å²) in [6.45, 7) is 0. The third-order valence-corrected chi connectivity index (χ3v) is 4.27. The van der Waals surface area contributed by atoms with E-state index in [1.54, 1.807) is 6.07 Å². The van der Waals surface area contributed by atoms with Crippen LogP contribution in [0, 0.1) is 17.2 Å². The zero-order valence-electron chi connectivity index (χ0n) is 9.48. The molecule has 0 radical (unpaired) electrons. The first-order valence-electron chi connectivity index (χ1n) is 5.06. The van der Waals surface area contributed by atoms with Crippen LogP contribution in [0.1, 0.15) is 5.56 Å². The Bertz CT molecular complexity index is 593. The highest BCUT2D eigenvalue weighted by Crippen LogP contribution is 2.28. The Balaban J connectivity index is 2.90. The second-order valence-electron chi connectivity index (χ2n) is 3.87. The number of hydrogen-bond donors (Lipinski definition) is 0. The summed E-state index contributed by atoms with van der Waals surface area (Å²) in [6.07, 6.45) is -4.86. The van der Waals surface area contributed by atoms with Crippen molar-refractivity contribution < 1.29 is 21.6 Å². The summed E-state index contributed by atoms with van der Waals surface area (Å²) < 4.78 is 60.4. The van der Waals surface area contributed by atoms with Crippen LogP contribution >= 0.6 is 11.6 Å². The molecule has 1 aromatic carbocycles. The molecule has 1 rings (SSSR count).